The van der Waals surface area contributed by atoms with Crippen LogP contribution >= 0.6 is 0 Å². The zero-order chi connectivity index (χ0) is 21.3. The molecule has 1 aliphatic heterocycles. The van der Waals surface area contributed by atoms with Crippen LogP contribution in [0.15, 0.2) is 48.5 Å². The number of nitrogens with zero attached hydrogens (tertiary/aromatic N) is 2. The van der Waals surface area contributed by atoms with E-state index < -0.39 is 5.97 Å². The molecule has 152 valence electrons. The van der Waals surface area contributed by atoms with E-state index in [0.717, 1.165) is 23.4 Å². The van der Waals surface area contributed by atoms with E-state index in [9.17, 15) is 9.90 Å². The van der Waals surface area contributed by atoms with Gasteiger partial charge in [0.15, 0.2) is 12.3 Å². The Morgan fingerprint density at radius 1 is 1.10 bits per heavy atom. The first-order valence-corrected chi connectivity index (χ1v) is 10.1. The van der Waals surface area contributed by atoms with Gasteiger partial charge in [0.2, 0.25) is 5.69 Å². The molecule has 4 heteroatoms. The molecule has 0 bridgehead atoms. The summed E-state index contributed by atoms with van der Waals surface area (Å²) in [6, 6.07) is 14.0. The van der Waals surface area contributed by atoms with Crippen molar-refractivity contribution in [1.29, 1.82) is 0 Å². The summed E-state index contributed by atoms with van der Waals surface area (Å²) in [6.45, 7) is 9.65. The number of benzene rings is 2. The number of fused-ring (bicyclic) bond motifs is 1. The highest BCUT2D eigenvalue weighted by atomic mass is 16.4. The van der Waals surface area contributed by atoms with Crippen LogP contribution in [0.5, 0.6) is 0 Å². The van der Waals surface area contributed by atoms with Gasteiger partial charge in [0.1, 0.15) is 0 Å². The Labute approximate surface area is 173 Å². The maximum Gasteiger partial charge on any atom is 0.335 e. The molecule has 3 rings (SSSR count). The van der Waals surface area contributed by atoms with Crippen LogP contribution in [0.2, 0.25) is 0 Å². The molecule has 0 saturated heterocycles. The summed E-state index contributed by atoms with van der Waals surface area (Å²) in [6.07, 6.45) is 4.33. The Balaban J connectivity index is 2.04. The fourth-order valence-corrected chi connectivity index (χ4v) is 3.93. The van der Waals surface area contributed by atoms with Crippen LogP contribution in [-0.2, 0) is 5.41 Å². The lowest BCUT2D eigenvalue weighted by atomic mass is 9.80. The molecule has 0 atom stereocenters. The van der Waals surface area contributed by atoms with Gasteiger partial charge in [0.05, 0.1) is 11.0 Å². The van der Waals surface area contributed by atoms with E-state index in [4.69, 9.17) is 0 Å². The molecule has 4 nitrogen and oxygen atoms in total. The minimum Gasteiger partial charge on any atom is -0.478 e. The largest absolute Gasteiger partial charge is 0.478 e. The molecule has 1 heterocycles. The Morgan fingerprint density at radius 2 is 1.76 bits per heavy atom. The molecule has 0 fully saturated rings. The summed E-state index contributed by atoms with van der Waals surface area (Å²) in [5.41, 5.74) is 5.76. The average Bonchev–Trinajstić information content (AvgIpc) is 2.86. The smallest absolute Gasteiger partial charge is 0.335 e. The standard InChI is InChI=1S/C25H30N2O2/c1-17(2)16-27-22-13-10-19(24(28)29)15-21(22)25(3,4)23(27)14-9-18-7-11-20(12-8-18)26(5)6/h7-15,17H,16H2,1-6H3/p+1. The Kier molecular flexibility index (Phi) is 5.65. The van der Waals surface area contributed by atoms with E-state index in [2.05, 4.69) is 73.6 Å². The maximum atomic E-state index is 11.5. The van der Waals surface area contributed by atoms with Crippen molar-refractivity contribution in [1.82, 2.24) is 0 Å². The molecule has 2 aromatic rings. The van der Waals surface area contributed by atoms with Crippen LogP contribution in [0, 0.1) is 5.92 Å². The van der Waals surface area contributed by atoms with Gasteiger partial charge in [-0.25, -0.2) is 4.79 Å². The van der Waals surface area contributed by atoms with E-state index in [1.807, 2.05) is 26.2 Å². The Bertz CT molecular complexity index is 980. The van der Waals surface area contributed by atoms with Crippen molar-refractivity contribution in [3.05, 3.63) is 65.2 Å². The zero-order valence-corrected chi connectivity index (χ0v) is 18.2. The average molecular weight is 392 g/mol. The van der Waals surface area contributed by atoms with Crippen molar-refractivity contribution < 1.29 is 14.5 Å². The second-order valence-electron chi connectivity index (χ2n) is 8.87. The van der Waals surface area contributed by atoms with Crippen molar-refractivity contribution in [2.45, 2.75) is 33.1 Å². The predicted molar refractivity (Wildman–Crippen MR) is 121 cm³/mol. The highest BCUT2D eigenvalue weighted by Gasteiger charge is 2.44. The third-order valence-electron chi connectivity index (χ3n) is 5.53. The van der Waals surface area contributed by atoms with Crippen molar-refractivity contribution in [3.63, 3.8) is 0 Å². The molecule has 0 unspecified atom stereocenters. The van der Waals surface area contributed by atoms with Gasteiger partial charge in [-0.1, -0.05) is 26.0 Å². The molecular weight excluding hydrogens is 360 g/mol. The number of hydrogen-bond acceptors (Lipinski definition) is 2. The normalized spacial score (nSPS) is 15.3. The van der Waals surface area contributed by atoms with Crippen LogP contribution in [0.3, 0.4) is 0 Å². The van der Waals surface area contributed by atoms with E-state index >= 15 is 0 Å². The topological polar surface area (TPSA) is 43.5 Å². The van der Waals surface area contributed by atoms with Gasteiger partial charge in [-0.3, -0.25) is 0 Å². The number of anilines is 1. The van der Waals surface area contributed by atoms with Gasteiger partial charge in [-0.05, 0) is 49.8 Å². The first kappa shape index (κ1) is 20.8. The first-order valence-electron chi connectivity index (χ1n) is 10.1. The quantitative estimate of drug-likeness (QED) is 0.689. The molecule has 0 spiro atoms. The van der Waals surface area contributed by atoms with Gasteiger partial charge in [-0.2, -0.15) is 4.58 Å². The van der Waals surface area contributed by atoms with Gasteiger partial charge >= 0.3 is 5.97 Å². The lowest BCUT2D eigenvalue weighted by Crippen LogP contribution is -2.28. The molecule has 0 saturated carbocycles. The third kappa shape index (κ3) is 4.12. The second kappa shape index (κ2) is 7.86. The lowest BCUT2D eigenvalue weighted by Gasteiger charge is -2.16. The molecule has 0 aliphatic carbocycles. The lowest BCUT2D eigenvalue weighted by molar-refractivity contribution is -0.445. The van der Waals surface area contributed by atoms with Crippen molar-refractivity contribution in [2.24, 2.45) is 5.92 Å². The summed E-state index contributed by atoms with van der Waals surface area (Å²) in [4.78, 5) is 13.6. The Morgan fingerprint density at radius 3 is 2.31 bits per heavy atom. The fraction of sp³-hybridized carbons (Fsp3) is 0.360. The predicted octanol–water partition coefficient (Wildman–Crippen LogP) is 5.20. The number of allylic oxidation sites excluding steroid dienone is 1. The monoisotopic (exact) mass is 391 g/mol. The van der Waals surface area contributed by atoms with E-state index in [0.29, 0.717) is 11.5 Å². The summed E-state index contributed by atoms with van der Waals surface area (Å²) >= 11 is 0. The number of hydrogen-bond donors (Lipinski definition) is 1. The summed E-state index contributed by atoms with van der Waals surface area (Å²) in [5.74, 6) is -0.400. The molecular formula is C25H31N2O2+. The minimum absolute atomic E-state index is 0.268. The number of aromatic carboxylic acids is 1. The summed E-state index contributed by atoms with van der Waals surface area (Å²) in [7, 11) is 4.07. The van der Waals surface area contributed by atoms with Gasteiger partial charge < -0.3 is 10.0 Å². The van der Waals surface area contributed by atoms with Crippen LogP contribution in [0.4, 0.5) is 11.4 Å². The van der Waals surface area contributed by atoms with Crippen LogP contribution in [0.1, 0.15) is 49.2 Å². The fourth-order valence-electron chi connectivity index (χ4n) is 3.93. The van der Waals surface area contributed by atoms with Gasteiger partial charge in [-0.15, -0.1) is 0 Å². The summed E-state index contributed by atoms with van der Waals surface area (Å²) < 4.78 is 2.34. The van der Waals surface area contributed by atoms with E-state index in [-0.39, 0.29) is 5.41 Å². The second-order valence-corrected chi connectivity index (χ2v) is 8.87. The van der Waals surface area contributed by atoms with Crippen LogP contribution < -0.4 is 4.90 Å². The first-order chi connectivity index (χ1) is 13.6. The maximum absolute atomic E-state index is 11.5. The molecule has 0 radical (unpaired) electrons. The molecule has 29 heavy (non-hydrogen) atoms. The molecule has 2 aromatic carbocycles. The van der Waals surface area contributed by atoms with Gasteiger partial charge in [0.25, 0.3) is 0 Å². The number of carbonyl (C=O) groups is 1. The zero-order valence-electron chi connectivity index (χ0n) is 18.2. The summed E-state index contributed by atoms with van der Waals surface area (Å²) in [5, 5.41) is 9.44. The highest BCUT2D eigenvalue weighted by Crippen LogP contribution is 2.41. The minimum atomic E-state index is -0.885. The van der Waals surface area contributed by atoms with Crippen molar-refractivity contribution >= 4 is 29.1 Å². The molecule has 0 amide bonds. The van der Waals surface area contributed by atoms with Crippen LogP contribution in [-0.4, -0.2) is 42.0 Å². The Hall–Kier alpha value is -2.88. The molecule has 1 aliphatic rings. The third-order valence-corrected chi connectivity index (χ3v) is 5.53. The van der Waals surface area contributed by atoms with Crippen molar-refractivity contribution in [2.75, 3.05) is 25.5 Å². The highest BCUT2D eigenvalue weighted by molar-refractivity contribution is 6.05. The van der Waals surface area contributed by atoms with E-state index in [1.54, 1.807) is 6.07 Å². The van der Waals surface area contributed by atoms with E-state index in [1.165, 1.54) is 11.4 Å². The van der Waals surface area contributed by atoms with Crippen molar-refractivity contribution in [3.8, 4) is 0 Å². The van der Waals surface area contributed by atoms with Gasteiger partial charge in [0, 0.05) is 43.4 Å². The SMILES string of the molecule is CC(C)C[N+]1=C(/C=C/c2ccc(N(C)C)cc2)C(C)(C)c2cc(C(=O)O)ccc21. The number of carboxylic acid groups (broad SMARTS) is 1. The number of carboxylic acids is 1. The number of rotatable bonds is 6. The van der Waals surface area contributed by atoms with Crippen LogP contribution in [0.25, 0.3) is 6.08 Å². The molecule has 0 aromatic heterocycles. The molecule has 1 N–H and O–H groups in total.